The Morgan fingerprint density at radius 1 is 0.424 bits per heavy atom. The van der Waals surface area contributed by atoms with Crippen molar-refractivity contribution in [2.75, 3.05) is 6.61 Å². The number of carbonyl (C=O) groups is 1. The summed E-state index contributed by atoms with van der Waals surface area (Å²) in [6.45, 7) is 4.21. The minimum atomic E-state index is -1.14. The molecule has 0 aromatic carbocycles. The number of rotatable bonds is 49. The Kier molecular flexibility index (Phi) is 48.5. The maximum absolute atomic E-state index is 12.5. The number of amides is 1. The molecule has 0 rings (SSSR count). The summed E-state index contributed by atoms with van der Waals surface area (Å²) in [5, 5.41) is 33.7. The van der Waals surface area contributed by atoms with Gasteiger partial charge in [0.2, 0.25) is 5.91 Å². The van der Waals surface area contributed by atoms with Gasteiger partial charge in [0, 0.05) is 6.42 Å². The third kappa shape index (κ3) is 44.7. The maximum Gasteiger partial charge on any atom is 0.220 e. The van der Waals surface area contributed by atoms with Crippen molar-refractivity contribution in [3.63, 3.8) is 0 Å². The van der Waals surface area contributed by atoms with Crippen LogP contribution < -0.4 is 5.32 Å². The number of aliphatic hydroxyl groups is 3. The smallest absolute Gasteiger partial charge is 0.220 e. The van der Waals surface area contributed by atoms with Crippen LogP contribution in [0.1, 0.15) is 290 Å². The molecule has 3 atom stereocenters. The molecule has 0 aliphatic heterocycles. The topological polar surface area (TPSA) is 89.8 Å². The van der Waals surface area contributed by atoms with Crippen molar-refractivity contribution in [3.8, 4) is 0 Å². The summed E-state index contributed by atoms with van der Waals surface area (Å²) in [4.78, 5) is 12.5. The van der Waals surface area contributed by atoms with E-state index in [1.807, 2.05) is 0 Å². The van der Waals surface area contributed by atoms with Crippen LogP contribution in [0.3, 0.4) is 0 Å². The molecule has 0 radical (unpaired) electrons. The van der Waals surface area contributed by atoms with Gasteiger partial charge in [-0.25, -0.2) is 0 Å². The van der Waals surface area contributed by atoms with E-state index in [4.69, 9.17) is 0 Å². The van der Waals surface area contributed by atoms with Crippen LogP contribution in [0.15, 0.2) is 24.3 Å². The summed E-state index contributed by atoms with van der Waals surface area (Å²) in [5.41, 5.74) is 0. The van der Waals surface area contributed by atoms with Crippen LogP contribution in [0.5, 0.6) is 0 Å². The SMILES string of the molecule is CCCCCCCCCCC/C=C\C/C=C\CCCCCCCCCCCC(=O)NC(CO)C(O)C(O)CCCCCCCCCCCCCCCCCCCCCC. The van der Waals surface area contributed by atoms with E-state index in [0.717, 1.165) is 44.9 Å². The van der Waals surface area contributed by atoms with Crippen LogP contribution in [0.25, 0.3) is 0 Å². The number of carbonyl (C=O) groups excluding carboxylic acids is 1. The second kappa shape index (κ2) is 49.5. The number of unbranched alkanes of at least 4 members (excludes halogenated alkanes) is 37. The van der Waals surface area contributed by atoms with Crippen molar-refractivity contribution in [1.82, 2.24) is 5.32 Å². The fourth-order valence-corrected chi connectivity index (χ4v) is 8.43. The molecule has 5 heteroatoms. The van der Waals surface area contributed by atoms with Gasteiger partial charge in [0.1, 0.15) is 6.10 Å². The van der Waals surface area contributed by atoms with E-state index >= 15 is 0 Å². The van der Waals surface area contributed by atoms with Crippen LogP contribution in [-0.2, 0) is 4.79 Å². The van der Waals surface area contributed by atoms with Crippen LogP contribution in [0, 0.1) is 0 Å². The molecule has 0 saturated heterocycles. The van der Waals surface area contributed by atoms with Crippen molar-refractivity contribution in [3.05, 3.63) is 24.3 Å². The highest BCUT2D eigenvalue weighted by molar-refractivity contribution is 5.76. The monoisotopic (exact) mass is 832 g/mol. The van der Waals surface area contributed by atoms with Crippen molar-refractivity contribution in [2.24, 2.45) is 0 Å². The molecule has 4 N–H and O–H groups in total. The quantitative estimate of drug-likeness (QED) is 0.0363. The van der Waals surface area contributed by atoms with E-state index in [2.05, 4.69) is 43.5 Å². The summed E-state index contributed by atoms with van der Waals surface area (Å²) in [6, 6.07) is -0.811. The van der Waals surface area contributed by atoms with E-state index in [9.17, 15) is 20.1 Å². The van der Waals surface area contributed by atoms with Gasteiger partial charge in [-0.15, -0.1) is 0 Å². The van der Waals surface area contributed by atoms with Gasteiger partial charge in [-0.05, 0) is 44.9 Å². The average Bonchev–Trinajstić information content (AvgIpc) is 3.24. The molecule has 3 unspecified atom stereocenters. The fraction of sp³-hybridized carbons (Fsp3) is 0.907. The van der Waals surface area contributed by atoms with Gasteiger partial charge in [-0.2, -0.15) is 0 Å². The van der Waals surface area contributed by atoms with Gasteiger partial charge >= 0.3 is 0 Å². The molecule has 0 saturated carbocycles. The number of hydrogen-bond donors (Lipinski definition) is 4. The second-order valence-corrected chi connectivity index (χ2v) is 18.4. The van der Waals surface area contributed by atoms with Gasteiger partial charge in [0.25, 0.3) is 0 Å². The number of aliphatic hydroxyl groups excluding tert-OH is 3. The van der Waals surface area contributed by atoms with Crippen molar-refractivity contribution < 1.29 is 20.1 Å². The summed E-state index contributed by atoms with van der Waals surface area (Å²) in [7, 11) is 0. The van der Waals surface area contributed by atoms with Crippen molar-refractivity contribution >= 4 is 5.91 Å². The third-order valence-corrected chi connectivity index (χ3v) is 12.6. The highest BCUT2D eigenvalue weighted by Gasteiger charge is 2.26. The van der Waals surface area contributed by atoms with E-state index < -0.39 is 18.2 Å². The Hall–Kier alpha value is -1.17. The van der Waals surface area contributed by atoms with E-state index in [-0.39, 0.29) is 12.5 Å². The lowest BCUT2D eigenvalue weighted by Crippen LogP contribution is -2.50. The maximum atomic E-state index is 12.5. The van der Waals surface area contributed by atoms with Gasteiger partial charge in [0.05, 0.1) is 18.8 Å². The molecule has 59 heavy (non-hydrogen) atoms. The lowest BCUT2D eigenvalue weighted by atomic mass is 9.99. The molecule has 1 amide bonds. The molecule has 0 fully saturated rings. The van der Waals surface area contributed by atoms with Gasteiger partial charge in [-0.1, -0.05) is 263 Å². The first-order valence-corrected chi connectivity index (χ1v) is 26.6. The molecule has 350 valence electrons. The Labute approximate surface area is 369 Å². The molecule has 0 aromatic heterocycles. The lowest BCUT2D eigenvalue weighted by molar-refractivity contribution is -0.124. The first-order valence-electron chi connectivity index (χ1n) is 26.6. The lowest BCUT2D eigenvalue weighted by Gasteiger charge is -2.26. The second-order valence-electron chi connectivity index (χ2n) is 18.4. The molecular formula is C54H105NO4. The number of allylic oxidation sites excluding steroid dienone is 4. The summed E-state index contributed by atoms with van der Waals surface area (Å²) < 4.78 is 0. The van der Waals surface area contributed by atoms with Gasteiger partial charge < -0.3 is 20.6 Å². The fourth-order valence-electron chi connectivity index (χ4n) is 8.43. The van der Waals surface area contributed by atoms with E-state index in [1.165, 1.54) is 218 Å². The molecule has 0 aromatic rings. The summed E-state index contributed by atoms with van der Waals surface area (Å²) in [6.07, 6.45) is 61.7. The minimum absolute atomic E-state index is 0.145. The molecule has 0 spiro atoms. The van der Waals surface area contributed by atoms with Crippen LogP contribution >= 0.6 is 0 Å². The Bertz CT molecular complexity index is 874. The number of hydrogen-bond acceptors (Lipinski definition) is 4. The zero-order valence-corrected chi connectivity index (χ0v) is 39.9. The largest absolute Gasteiger partial charge is 0.394 e. The number of nitrogens with one attached hydrogen (secondary N) is 1. The first-order chi connectivity index (χ1) is 29.1. The zero-order valence-electron chi connectivity index (χ0n) is 39.9. The Morgan fingerprint density at radius 3 is 1.07 bits per heavy atom. The molecule has 0 aliphatic rings. The predicted octanol–water partition coefficient (Wildman–Crippen LogP) is 16.1. The predicted molar refractivity (Wildman–Crippen MR) is 259 cm³/mol. The highest BCUT2D eigenvalue weighted by Crippen LogP contribution is 2.17. The highest BCUT2D eigenvalue weighted by atomic mass is 16.3. The first kappa shape index (κ1) is 57.8. The van der Waals surface area contributed by atoms with Gasteiger partial charge in [-0.3, -0.25) is 4.79 Å². The standard InChI is InChI=1S/C54H105NO4/c1-3-5-7-9-11-13-15-17-19-21-23-25-26-27-28-29-31-33-35-37-39-41-43-45-47-49-53(58)55-51(50-56)54(59)52(57)48-46-44-42-40-38-36-34-32-30-24-22-20-18-16-14-12-10-8-6-4-2/h23,25,27-28,51-52,54,56-57,59H,3-22,24,26,29-50H2,1-2H3,(H,55,58)/b25-23-,28-27-. The van der Waals surface area contributed by atoms with Crippen LogP contribution in [-0.4, -0.2) is 46.1 Å². The van der Waals surface area contributed by atoms with E-state index in [1.54, 1.807) is 0 Å². The summed E-state index contributed by atoms with van der Waals surface area (Å²) >= 11 is 0. The van der Waals surface area contributed by atoms with Crippen molar-refractivity contribution in [1.29, 1.82) is 0 Å². The van der Waals surface area contributed by atoms with Crippen molar-refractivity contribution in [2.45, 2.75) is 308 Å². The van der Waals surface area contributed by atoms with Gasteiger partial charge in [0.15, 0.2) is 0 Å². The Balaban J connectivity index is 3.57. The van der Waals surface area contributed by atoms with E-state index in [0.29, 0.717) is 12.8 Å². The molecule has 5 nitrogen and oxygen atoms in total. The Morgan fingerprint density at radius 2 is 0.729 bits per heavy atom. The normalized spacial score (nSPS) is 13.5. The minimum Gasteiger partial charge on any atom is -0.394 e. The zero-order chi connectivity index (χ0) is 43.0. The molecule has 0 bridgehead atoms. The molecular weight excluding hydrogens is 727 g/mol. The van der Waals surface area contributed by atoms with Crippen LogP contribution in [0.4, 0.5) is 0 Å². The molecule has 0 heterocycles. The molecule has 0 aliphatic carbocycles. The van der Waals surface area contributed by atoms with Crippen LogP contribution in [0.2, 0.25) is 0 Å². The average molecular weight is 832 g/mol. The third-order valence-electron chi connectivity index (χ3n) is 12.6. The summed E-state index contributed by atoms with van der Waals surface area (Å²) in [5.74, 6) is -0.145.